The van der Waals surface area contributed by atoms with Gasteiger partial charge in [0.1, 0.15) is 0 Å². The molecule has 0 radical (unpaired) electrons. The SMILES string of the molecule is Cc1ccc(CN(CC(=O)Nc2cc(C(F)(F)F)cc(C(F)(F)F)c2)S(=O)(=O)c2ccc(Cl)cc2)cc1. The molecule has 0 bridgehead atoms. The fourth-order valence-electron chi connectivity index (χ4n) is 3.27. The molecular weight excluding hydrogens is 546 g/mol. The molecule has 0 aromatic heterocycles. The van der Waals surface area contributed by atoms with Gasteiger partial charge in [-0.3, -0.25) is 4.79 Å². The molecule has 13 heteroatoms. The summed E-state index contributed by atoms with van der Waals surface area (Å²) in [7, 11) is -4.32. The predicted molar refractivity (Wildman–Crippen MR) is 125 cm³/mol. The number of aryl methyl sites for hydroxylation is 1. The van der Waals surface area contributed by atoms with E-state index in [0.717, 1.165) is 9.87 Å². The van der Waals surface area contributed by atoms with Crippen molar-refractivity contribution in [2.24, 2.45) is 0 Å². The molecule has 1 N–H and O–H groups in total. The van der Waals surface area contributed by atoms with Crippen LogP contribution in [0.15, 0.2) is 71.6 Å². The van der Waals surface area contributed by atoms with Gasteiger partial charge in [-0.05, 0) is 55.0 Å². The van der Waals surface area contributed by atoms with Crippen LogP contribution in [0.25, 0.3) is 0 Å². The zero-order chi connectivity index (χ0) is 27.6. The van der Waals surface area contributed by atoms with Crippen LogP contribution < -0.4 is 5.32 Å². The maximum Gasteiger partial charge on any atom is 0.416 e. The summed E-state index contributed by atoms with van der Waals surface area (Å²) in [4.78, 5) is 12.5. The highest BCUT2D eigenvalue weighted by Gasteiger charge is 2.37. The molecule has 0 spiro atoms. The molecule has 0 saturated carbocycles. The Balaban J connectivity index is 1.94. The van der Waals surface area contributed by atoms with Crippen LogP contribution in [-0.4, -0.2) is 25.2 Å². The number of nitrogens with zero attached hydrogens (tertiary/aromatic N) is 1. The van der Waals surface area contributed by atoms with Gasteiger partial charge in [-0.25, -0.2) is 8.42 Å². The maximum absolute atomic E-state index is 13.3. The van der Waals surface area contributed by atoms with Crippen molar-refractivity contribution >= 4 is 33.2 Å². The predicted octanol–water partition coefficient (Wildman–Crippen LogP) is 6.52. The Morgan fingerprint density at radius 1 is 0.865 bits per heavy atom. The number of halogens is 7. The first-order valence-corrected chi connectivity index (χ1v) is 12.3. The number of nitrogens with one attached hydrogen (secondary N) is 1. The Kier molecular flexibility index (Phi) is 8.25. The molecule has 3 rings (SSSR count). The first kappa shape index (κ1) is 28.5. The van der Waals surface area contributed by atoms with Gasteiger partial charge in [0.05, 0.1) is 22.6 Å². The molecule has 5 nitrogen and oxygen atoms in total. The second-order valence-corrected chi connectivity index (χ2v) is 10.4. The van der Waals surface area contributed by atoms with Gasteiger partial charge in [0.25, 0.3) is 0 Å². The van der Waals surface area contributed by atoms with E-state index in [9.17, 15) is 39.6 Å². The number of carbonyl (C=O) groups is 1. The second kappa shape index (κ2) is 10.7. The number of benzene rings is 3. The monoisotopic (exact) mass is 564 g/mol. The summed E-state index contributed by atoms with van der Waals surface area (Å²) in [6, 6.07) is 12.3. The number of anilines is 1. The number of hydrogen-bond donors (Lipinski definition) is 1. The average molecular weight is 565 g/mol. The van der Waals surface area contributed by atoms with E-state index in [2.05, 4.69) is 0 Å². The minimum Gasteiger partial charge on any atom is -0.325 e. The standard InChI is InChI=1S/C24H19ClF6N2O3S/c1-15-2-4-16(5-3-15)13-33(37(35,36)21-8-6-19(25)7-9-21)14-22(34)32-20-11-17(23(26,27)28)10-18(12-20)24(29,30)31/h2-12H,13-14H2,1H3,(H,32,34). The highest BCUT2D eigenvalue weighted by atomic mass is 35.5. The largest absolute Gasteiger partial charge is 0.416 e. The lowest BCUT2D eigenvalue weighted by atomic mass is 10.1. The van der Waals surface area contributed by atoms with Crippen LogP contribution in [0.2, 0.25) is 5.02 Å². The minimum absolute atomic E-state index is 0.0790. The highest BCUT2D eigenvalue weighted by Crippen LogP contribution is 2.37. The third-order valence-electron chi connectivity index (χ3n) is 5.12. The van der Waals surface area contributed by atoms with Crippen molar-refractivity contribution < 1.29 is 39.6 Å². The summed E-state index contributed by atoms with van der Waals surface area (Å²) in [6.45, 7) is 0.620. The van der Waals surface area contributed by atoms with Gasteiger partial charge in [0, 0.05) is 17.3 Å². The van der Waals surface area contributed by atoms with Crippen molar-refractivity contribution in [2.75, 3.05) is 11.9 Å². The molecule has 0 unspecified atom stereocenters. The van der Waals surface area contributed by atoms with Crippen molar-refractivity contribution in [2.45, 2.75) is 30.7 Å². The number of carbonyl (C=O) groups excluding carboxylic acids is 1. The zero-order valence-electron chi connectivity index (χ0n) is 19.0. The molecule has 0 fully saturated rings. The molecule has 0 heterocycles. The first-order chi connectivity index (χ1) is 17.1. The number of alkyl halides is 6. The molecule has 3 aromatic rings. The molecule has 0 aliphatic carbocycles. The molecule has 0 atom stereocenters. The number of hydrogen-bond acceptors (Lipinski definition) is 3. The summed E-state index contributed by atoms with van der Waals surface area (Å²) in [5, 5.41) is 2.22. The van der Waals surface area contributed by atoms with Crippen molar-refractivity contribution in [3.8, 4) is 0 Å². The fraction of sp³-hybridized carbons (Fsp3) is 0.208. The Hall–Kier alpha value is -3.09. The zero-order valence-corrected chi connectivity index (χ0v) is 20.6. The van der Waals surface area contributed by atoms with E-state index in [-0.39, 0.29) is 22.5 Å². The van der Waals surface area contributed by atoms with Crippen molar-refractivity contribution in [3.63, 3.8) is 0 Å². The molecule has 0 aliphatic rings. The number of rotatable bonds is 7. The molecule has 1 amide bonds. The molecule has 198 valence electrons. The van der Waals surface area contributed by atoms with E-state index < -0.39 is 51.6 Å². The van der Waals surface area contributed by atoms with Crippen LogP contribution in [-0.2, 0) is 33.7 Å². The Bertz CT molecular complexity index is 1340. The van der Waals surface area contributed by atoms with Gasteiger partial charge < -0.3 is 5.32 Å². The van der Waals surface area contributed by atoms with Crippen LogP contribution in [0.1, 0.15) is 22.3 Å². The van der Waals surface area contributed by atoms with E-state index in [0.29, 0.717) is 17.7 Å². The van der Waals surface area contributed by atoms with Crippen LogP contribution in [0.3, 0.4) is 0 Å². The number of sulfonamides is 1. The summed E-state index contributed by atoms with van der Waals surface area (Å²) >= 11 is 5.82. The molecule has 0 aliphatic heterocycles. The lowest BCUT2D eigenvalue weighted by Gasteiger charge is -2.22. The van der Waals surface area contributed by atoms with Crippen molar-refractivity contribution in [1.82, 2.24) is 4.31 Å². The van der Waals surface area contributed by atoms with Crippen LogP contribution in [0.5, 0.6) is 0 Å². The lowest BCUT2D eigenvalue weighted by molar-refractivity contribution is -0.143. The van der Waals surface area contributed by atoms with Gasteiger partial charge in [-0.2, -0.15) is 30.6 Å². The lowest BCUT2D eigenvalue weighted by Crippen LogP contribution is -2.37. The summed E-state index contributed by atoms with van der Waals surface area (Å²) in [5.41, 5.74) is -2.65. The van der Waals surface area contributed by atoms with Crippen molar-refractivity contribution in [1.29, 1.82) is 0 Å². The summed E-state index contributed by atoms with van der Waals surface area (Å²) in [5.74, 6) is -1.14. The maximum atomic E-state index is 13.3. The van der Waals surface area contributed by atoms with E-state index in [1.54, 1.807) is 24.3 Å². The van der Waals surface area contributed by atoms with Crippen LogP contribution >= 0.6 is 11.6 Å². The third kappa shape index (κ3) is 7.46. The van der Waals surface area contributed by atoms with E-state index in [1.165, 1.54) is 24.3 Å². The van der Waals surface area contributed by atoms with Gasteiger partial charge in [0.15, 0.2) is 0 Å². The Morgan fingerprint density at radius 3 is 1.86 bits per heavy atom. The fourth-order valence-corrected chi connectivity index (χ4v) is 4.78. The van der Waals surface area contributed by atoms with Gasteiger partial charge >= 0.3 is 12.4 Å². The Labute approximate surface area is 213 Å². The third-order valence-corrected chi connectivity index (χ3v) is 7.18. The van der Waals surface area contributed by atoms with Crippen LogP contribution in [0, 0.1) is 6.92 Å². The smallest absolute Gasteiger partial charge is 0.325 e. The molecule has 37 heavy (non-hydrogen) atoms. The normalized spacial score (nSPS) is 12.6. The van der Waals surface area contributed by atoms with Crippen molar-refractivity contribution in [3.05, 3.63) is 94.0 Å². The molecular formula is C24H19ClF6N2O3S. The van der Waals surface area contributed by atoms with Gasteiger partial charge in [-0.15, -0.1) is 0 Å². The second-order valence-electron chi connectivity index (χ2n) is 8.06. The number of amides is 1. The van der Waals surface area contributed by atoms with Gasteiger partial charge in [-0.1, -0.05) is 41.4 Å². The minimum atomic E-state index is -5.11. The molecule has 3 aromatic carbocycles. The summed E-state index contributed by atoms with van der Waals surface area (Å²) < 4.78 is 106. The van der Waals surface area contributed by atoms with E-state index in [1.807, 2.05) is 12.2 Å². The van der Waals surface area contributed by atoms with Gasteiger partial charge in [0.2, 0.25) is 15.9 Å². The molecule has 0 saturated heterocycles. The highest BCUT2D eigenvalue weighted by molar-refractivity contribution is 7.89. The average Bonchev–Trinajstić information content (AvgIpc) is 2.79. The summed E-state index contributed by atoms with van der Waals surface area (Å²) in [6.07, 6.45) is -10.2. The van der Waals surface area contributed by atoms with Crippen LogP contribution in [0.4, 0.5) is 32.0 Å². The Morgan fingerprint density at radius 2 is 1.38 bits per heavy atom. The van der Waals surface area contributed by atoms with E-state index >= 15 is 0 Å². The van der Waals surface area contributed by atoms with E-state index in [4.69, 9.17) is 11.6 Å². The quantitative estimate of drug-likeness (QED) is 0.333. The topological polar surface area (TPSA) is 66.5 Å². The first-order valence-electron chi connectivity index (χ1n) is 10.5.